The summed E-state index contributed by atoms with van der Waals surface area (Å²) in [5, 5.41) is 0. The van der Waals surface area contributed by atoms with Crippen LogP contribution < -0.4 is 4.72 Å². The Morgan fingerprint density at radius 1 is 1.00 bits per heavy atom. The Kier molecular flexibility index (Phi) is 6.29. The minimum absolute atomic E-state index is 0.179. The van der Waals surface area contributed by atoms with Gasteiger partial charge in [0.25, 0.3) is 0 Å². The first-order valence-electron chi connectivity index (χ1n) is 12.1. The van der Waals surface area contributed by atoms with Crippen molar-refractivity contribution in [1.82, 2.24) is 19.2 Å². The lowest BCUT2D eigenvalue weighted by molar-refractivity contribution is 0.104. The third kappa shape index (κ3) is 4.86. The zero-order valence-electron chi connectivity index (χ0n) is 19.5. The van der Waals surface area contributed by atoms with E-state index in [0.29, 0.717) is 24.7 Å². The van der Waals surface area contributed by atoms with Crippen LogP contribution in [0.1, 0.15) is 55.5 Å². The summed E-state index contributed by atoms with van der Waals surface area (Å²) in [4.78, 5) is 7.51. The van der Waals surface area contributed by atoms with Gasteiger partial charge >= 0.3 is 0 Å². The van der Waals surface area contributed by atoms with Gasteiger partial charge in [-0.15, -0.1) is 0 Å². The largest absolute Gasteiger partial charge is 0.325 e. The lowest BCUT2D eigenvalue weighted by Gasteiger charge is -2.40. The number of sulfonamides is 1. The highest BCUT2D eigenvalue weighted by molar-refractivity contribution is 7.88. The summed E-state index contributed by atoms with van der Waals surface area (Å²) in [6.45, 7) is 3.60. The molecule has 0 radical (unpaired) electrons. The van der Waals surface area contributed by atoms with Gasteiger partial charge in [-0.2, -0.15) is 0 Å². The zero-order valence-corrected chi connectivity index (χ0v) is 20.3. The van der Waals surface area contributed by atoms with Crippen molar-refractivity contribution in [3.05, 3.63) is 66.0 Å². The number of hydrogen-bond acceptors (Lipinski definition) is 4. The third-order valence-corrected chi connectivity index (χ3v) is 8.29. The molecule has 1 N–H and O–H groups in total. The highest BCUT2D eigenvalue weighted by atomic mass is 32.2. The van der Waals surface area contributed by atoms with Gasteiger partial charge in [0.2, 0.25) is 10.0 Å². The molecule has 2 saturated heterocycles. The van der Waals surface area contributed by atoms with Crippen molar-refractivity contribution in [3.8, 4) is 0 Å². The molecule has 0 spiro atoms. The smallest absolute Gasteiger partial charge is 0.208 e. The van der Waals surface area contributed by atoms with E-state index in [2.05, 4.69) is 57.5 Å². The van der Waals surface area contributed by atoms with Crippen molar-refractivity contribution < 1.29 is 8.42 Å². The number of imidazole rings is 1. The summed E-state index contributed by atoms with van der Waals surface area (Å²) < 4.78 is 28.7. The first kappa shape index (κ1) is 22.6. The molecular formula is C26H34N4O2S. The number of aromatic nitrogens is 2. The molecule has 3 heterocycles. The quantitative estimate of drug-likeness (QED) is 0.539. The van der Waals surface area contributed by atoms with Crippen LogP contribution in [0.2, 0.25) is 0 Å². The lowest BCUT2D eigenvalue weighted by Crippen LogP contribution is -2.44. The molecule has 2 aliphatic rings. The predicted molar refractivity (Wildman–Crippen MR) is 133 cm³/mol. The maximum Gasteiger partial charge on any atom is 0.208 e. The van der Waals surface area contributed by atoms with Gasteiger partial charge in [-0.3, -0.25) is 4.90 Å². The number of rotatable bonds is 8. The molecule has 5 rings (SSSR count). The molecule has 2 aliphatic heterocycles. The molecule has 2 aromatic carbocycles. The van der Waals surface area contributed by atoms with Crippen LogP contribution in [0.4, 0.5) is 0 Å². The topological polar surface area (TPSA) is 67.2 Å². The fourth-order valence-electron chi connectivity index (χ4n) is 6.12. The number of nitrogens with one attached hydrogen (secondary N) is 1. The van der Waals surface area contributed by atoms with Crippen molar-refractivity contribution in [1.29, 1.82) is 0 Å². The summed E-state index contributed by atoms with van der Waals surface area (Å²) >= 11 is 0. The molecule has 0 saturated carbocycles. The number of aryl methyl sites for hydroxylation is 1. The van der Waals surface area contributed by atoms with E-state index < -0.39 is 10.0 Å². The Hall–Kier alpha value is -2.22. The molecule has 7 heteroatoms. The molecule has 176 valence electrons. The maximum absolute atomic E-state index is 11.7. The highest BCUT2D eigenvalue weighted by Gasteiger charge is 2.41. The number of piperidine rings is 1. The first-order valence-corrected chi connectivity index (χ1v) is 14.0. The third-order valence-electron chi connectivity index (χ3n) is 7.60. The number of benzene rings is 2. The SMILES string of the molecule is Cc1nc2ccccc2n1[C@H]1C[C@H]2CC[C@@H](C1)N2CCC(CNS(C)(=O)=O)c1ccccc1. The summed E-state index contributed by atoms with van der Waals surface area (Å²) in [6.07, 6.45) is 7.03. The molecule has 6 nitrogen and oxygen atoms in total. The number of fused-ring (bicyclic) bond motifs is 3. The zero-order chi connectivity index (χ0) is 23.0. The van der Waals surface area contributed by atoms with E-state index in [1.165, 1.54) is 30.2 Å². The Bertz CT molecular complexity index is 1190. The van der Waals surface area contributed by atoms with Gasteiger partial charge in [0.1, 0.15) is 5.82 Å². The van der Waals surface area contributed by atoms with Gasteiger partial charge in [-0.05, 0) is 69.2 Å². The first-order chi connectivity index (χ1) is 15.9. The molecule has 3 aromatic rings. The van der Waals surface area contributed by atoms with Crippen LogP contribution in [0.15, 0.2) is 54.6 Å². The molecule has 2 bridgehead atoms. The fourth-order valence-corrected chi connectivity index (χ4v) is 6.62. The minimum atomic E-state index is -3.21. The molecule has 1 aromatic heterocycles. The van der Waals surface area contributed by atoms with Gasteiger partial charge in [0, 0.05) is 24.7 Å². The van der Waals surface area contributed by atoms with E-state index in [-0.39, 0.29) is 5.92 Å². The second-order valence-electron chi connectivity index (χ2n) is 9.78. The average Bonchev–Trinajstić information content (AvgIpc) is 3.24. The Morgan fingerprint density at radius 2 is 1.67 bits per heavy atom. The standard InChI is InChI=1S/C26H34N4O2S/c1-19-28-25-10-6-7-11-26(25)30(19)24-16-22-12-13-23(17-24)29(22)15-14-21(18-27-33(2,31)32)20-8-4-3-5-9-20/h3-11,21-24,27H,12-18H2,1-2H3/t21?,22-,23+,24+. The van der Waals surface area contributed by atoms with Crippen molar-refractivity contribution >= 4 is 21.1 Å². The second-order valence-corrected chi connectivity index (χ2v) is 11.6. The molecule has 2 fully saturated rings. The van der Waals surface area contributed by atoms with Crippen molar-refractivity contribution in [3.63, 3.8) is 0 Å². The van der Waals surface area contributed by atoms with Crippen molar-refractivity contribution in [2.75, 3.05) is 19.3 Å². The minimum Gasteiger partial charge on any atom is -0.325 e. The van der Waals surface area contributed by atoms with Crippen LogP contribution in [0.3, 0.4) is 0 Å². The van der Waals surface area contributed by atoms with Gasteiger partial charge in [-0.1, -0.05) is 42.5 Å². The second kappa shape index (κ2) is 9.20. The van der Waals surface area contributed by atoms with Crippen LogP contribution in [0.5, 0.6) is 0 Å². The monoisotopic (exact) mass is 466 g/mol. The fraction of sp³-hybridized carbons (Fsp3) is 0.500. The molecule has 1 unspecified atom stereocenters. The van der Waals surface area contributed by atoms with Crippen LogP contribution in [-0.4, -0.2) is 54.3 Å². The normalized spacial score (nSPS) is 24.4. The van der Waals surface area contributed by atoms with Gasteiger partial charge in [0.05, 0.1) is 17.3 Å². The van der Waals surface area contributed by atoms with Crippen molar-refractivity contribution in [2.24, 2.45) is 0 Å². The summed E-state index contributed by atoms with van der Waals surface area (Å²) in [5.41, 5.74) is 3.55. The maximum atomic E-state index is 11.7. The summed E-state index contributed by atoms with van der Waals surface area (Å²) in [6, 6.07) is 20.5. The molecule has 4 atom stereocenters. The van der Waals surface area contributed by atoms with Crippen molar-refractivity contribution in [2.45, 2.75) is 63.1 Å². The van der Waals surface area contributed by atoms with Crippen LogP contribution in [0, 0.1) is 6.92 Å². The average molecular weight is 467 g/mol. The van der Waals surface area contributed by atoms with Crippen LogP contribution in [0.25, 0.3) is 11.0 Å². The van der Waals surface area contributed by atoms with E-state index in [4.69, 9.17) is 4.98 Å². The van der Waals surface area contributed by atoms with E-state index in [1.807, 2.05) is 18.2 Å². The van der Waals surface area contributed by atoms with E-state index in [0.717, 1.165) is 37.1 Å². The number of nitrogens with zero attached hydrogens (tertiary/aromatic N) is 3. The molecular weight excluding hydrogens is 432 g/mol. The molecule has 33 heavy (non-hydrogen) atoms. The number of hydrogen-bond donors (Lipinski definition) is 1. The van der Waals surface area contributed by atoms with Crippen LogP contribution >= 0.6 is 0 Å². The Labute approximate surface area is 197 Å². The van der Waals surface area contributed by atoms with E-state index >= 15 is 0 Å². The summed E-state index contributed by atoms with van der Waals surface area (Å²) in [5.74, 6) is 1.29. The predicted octanol–water partition coefficient (Wildman–Crippen LogP) is 4.24. The van der Waals surface area contributed by atoms with E-state index in [9.17, 15) is 8.42 Å². The molecule has 0 aliphatic carbocycles. The molecule has 0 amide bonds. The van der Waals surface area contributed by atoms with Gasteiger partial charge < -0.3 is 4.57 Å². The lowest BCUT2D eigenvalue weighted by atomic mass is 9.93. The van der Waals surface area contributed by atoms with Gasteiger partial charge in [0.15, 0.2) is 0 Å². The summed E-state index contributed by atoms with van der Waals surface area (Å²) in [7, 11) is -3.21. The highest BCUT2D eigenvalue weighted by Crippen LogP contribution is 2.42. The Morgan fingerprint density at radius 3 is 2.36 bits per heavy atom. The van der Waals surface area contributed by atoms with E-state index in [1.54, 1.807) is 0 Å². The Balaban J connectivity index is 1.29. The van der Waals surface area contributed by atoms with Crippen LogP contribution in [-0.2, 0) is 10.0 Å². The number of para-hydroxylation sites is 2. The van der Waals surface area contributed by atoms with Gasteiger partial charge in [-0.25, -0.2) is 18.1 Å².